The number of amides is 3. The summed E-state index contributed by atoms with van der Waals surface area (Å²) in [7, 11) is 0. The molecule has 0 aromatic rings. The number of carbonyl (C=O) groups is 2. The number of hydrogen-bond acceptors (Lipinski definition) is 2. The summed E-state index contributed by atoms with van der Waals surface area (Å²) in [6.07, 6.45) is 2.43. The van der Waals surface area contributed by atoms with Gasteiger partial charge in [0, 0.05) is 24.5 Å². The first-order chi connectivity index (χ1) is 6.91. The van der Waals surface area contributed by atoms with Crippen LogP contribution in [-0.2, 0) is 4.79 Å². The highest BCUT2D eigenvalue weighted by Gasteiger charge is 2.44. The zero-order chi connectivity index (χ0) is 11.2. The molecule has 1 heterocycles. The molecule has 4 nitrogen and oxygen atoms in total. The summed E-state index contributed by atoms with van der Waals surface area (Å²) in [5.74, 6) is 0.00278. The third kappa shape index (κ3) is 1.85. The van der Waals surface area contributed by atoms with Gasteiger partial charge in [-0.05, 0) is 33.6 Å². The van der Waals surface area contributed by atoms with E-state index in [1.165, 1.54) is 4.90 Å². The smallest absolute Gasteiger partial charge is 0.319 e. The van der Waals surface area contributed by atoms with Crippen LogP contribution in [0.25, 0.3) is 0 Å². The lowest BCUT2D eigenvalue weighted by Gasteiger charge is -2.42. The van der Waals surface area contributed by atoms with Crippen molar-refractivity contribution < 1.29 is 9.59 Å². The minimum atomic E-state index is -0.190. The normalized spacial score (nSPS) is 23.7. The van der Waals surface area contributed by atoms with Crippen molar-refractivity contribution in [3.8, 4) is 0 Å². The highest BCUT2D eigenvalue weighted by atomic mass is 16.2. The Morgan fingerprint density at radius 2 is 1.80 bits per heavy atom. The zero-order valence-electron chi connectivity index (χ0n) is 9.62. The molecule has 0 unspecified atom stereocenters. The Morgan fingerprint density at radius 3 is 2.27 bits per heavy atom. The summed E-state index contributed by atoms with van der Waals surface area (Å²) < 4.78 is 0. The molecule has 0 bridgehead atoms. The molecular formula is C11H18N2O2. The first-order valence-electron chi connectivity index (χ1n) is 5.55. The van der Waals surface area contributed by atoms with Gasteiger partial charge in [-0.15, -0.1) is 0 Å². The molecule has 1 saturated heterocycles. The van der Waals surface area contributed by atoms with Crippen LogP contribution in [0.3, 0.4) is 0 Å². The van der Waals surface area contributed by atoms with E-state index in [9.17, 15) is 9.59 Å². The average Bonchev–Trinajstić information content (AvgIpc) is 2.85. The van der Waals surface area contributed by atoms with Crippen LogP contribution in [0.2, 0.25) is 0 Å². The van der Waals surface area contributed by atoms with Gasteiger partial charge in [0.2, 0.25) is 5.91 Å². The van der Waals surface area contributed by atoms with Crippen molar-refractivity contribution >= 4 is 11.9 Å². The second-order valence-electron chi connectivity index (χ2n) is 5.35. The minimum Gasteiger partial charge on any atom is -0.319 e. The predicted molar refractivity (Wildman–Crippen MR) is 56.3 cm³/mol. The van der Waals surface area contributed by atoms with Gasteiger partial charge in [-0.2, -0.15) is 0 Å². The van der Waals surface area contributed by atoms with Crippen LogP contribution in [0.4, 0.5) is 4.79 Å². The zero-order valence-corrected chi connectivity index (χ0v) is 9.62. The Kier molecular flexibility index (Phi) is 2.24. The van der Waals surface area contributed by atoms with Gasteiger partial charge in [0.1, 0.15) is 0 Å². The van der Waals surface area contributed by atoms with E-state index in [2.05, 4.69) is 0 Å². The average molecular weight is 210 g/mol. The number of nitrogens with zero attached hydrogens (tertiary/aromatic N) is 2. The highest BCUT2D eigenvalue weighted by molar-refractivity contribution is 5.97. The van der Waals surface area contributed by atoms with Crippen molar-refractivity contribution in [2.45, 2.75) is 51.6 Å². The first kappa shape index (κ1) is 10.5. The van der Waals surface area contributed by atoms with Crippen molar-refractivity contribution in [3.05, 3.63) is 0 Å². The van der Waals surface area contributed by atoms with Gasteiger partial charge >= 0.3 is 6.03 Å². The molecule has 0 aromatic heterocycles. The van der Waals surface area contributed by atoms with E-state index in [1.807, 2.05) is 20.8 Å². The molecule has 15 heavy (non-hydrogen) atoms. The van der Waals surface area contributed by atoms with Gasteiger partial charge in [-0.1, -0.05) is 0 Å². The lowest BCUT2D eigenvalue weighted by atomic mass is 10.0. The van der Waals surface area contributed by atoms with Crippen molar-refractivity contribution in [3.63, 3.8) is 0 Å². The second kappa shape index (κ2) is 3.22. The van der Waals surface area contributed by atoms with Crippen molar-refractivity contribution in [1.29, 1.82) is 0 Å². The third-order valence-electron chi connectivity index (χ3n) is 2.98. The molecule has 0 radical (unpaired) electrons. The van der Waals surface area contributed by atoms with Crippen LogP contribution < -0.4 is 0 Å². The van der Waals surface area contributed by atoms with E-state index in [4.69, 9.17) is 0 Å². The first-order valence-corrected chi connectivity index (χ1v) is 5.55. The fourth-order valence-electron chi connectivity index (χ4n) is 1.98. The van der Waals surface area contributed by atoms with Gasteiger partial charge < -0.3 is 4.90 Å². The molecule has 2 aliphatic rings. The van der Waals surface area contributed by atoms with E-state index < -0.39 is 0 Å². The molecule has 1 aliphatic carbocycles. The van der Waals surface area contributed by atoms with Gasteiger partial charge in [-0.3, -0.25) is 9.69 Å². The summed E-state index contributed by atoms with van der Waals surface area (Å²) in [6, 6.07) is 0.0939. The molecule has 0 atom stereocenters. The number of hydrogen-bond donors (Lipinski definition) is 0. The molecular weight excluding hydrogens is 192 g/mol. The quantitative estimate of drug-likeness (QED) is 0.659. The standard InChI is InChI=1S/C11H18N2O2/c1-11(2,3)12-7-6-9(14)13(10(12)15)8-4-5-8/h8H,4-7H2,1-3H3. The third-order valence-corrected chi connectivity index (χ3v) is 2.98. The van der Waals surface area contributed by atoms with Crippen LogP contribution in [0.5, 0.6) is 0 Å². The molecule has 4 heteroatoms. The van der Waals surface area contributed by atoms with E-state index in [0.717, 1.165) is 12.8 Å². The predicted octanol–water partition coefficient (Wildman–Crippen LogP) is 1.60. The Balaban J connectivity index is 2.18. The maximum absolute atomic E-state index is 12.1. The molecule has 1 aliphatic heterocycles. The topological polar surface area (TPSA) is 40.6 Å². The maximum atomic E-state index is 12.1. The molecule has 84 valence electrons. The second-order valence-corrected chi connectivity index (χ2v) is 5.35. The van der Waals surface area contributed by atoms with E-state index >= 15 is 0 Å². The summed E-state index contributed by atoms with van der Waals surface area (Å²) >= 11 is 0. The van der Waals surface area contributed by atoms with Gasteiger partial charge in [0.15, 0.2) is 0 Å². The lowest BCUT2D eigenvalue weighted by molar-refractivity contribution is -0.132. The van der Waals surface area contributed by atoms with Crippen molar-refractivity contribution in [2.24, 2.45) is 0 Å². The van der Waals surface area contributed by atoms with Crippen molar-refractivity contribution in [1.82, 2.24) is 9.80 Å². The van der Waals surface area contributed by atoms with E-state index in [1.54, 1.807) is 4.90 Å². The summed E-state index contributed by atoms with van der Waals surface area (Å²) in [4.78, 5) is 27.0. The Labute approximate surface area is 90.2 Å². The number of carbonyl (C=O) groups excluding carboxylic acids is 2. The Morgan fingerprint density at radius 1 is 1.20 bits per heavy atom. The number of rotatable bonds is 1. The van der Waals surface area contributed by atoms with Gasteiger partial charge in [-0.25, -0.2) is 4.79 Å². The van der Waals surface area contributed by atoms with Gasteiger partial charge in [0.25, 0.3) is 0 Å². The van der Waals surface area contributed by atoms with Crippen LogP contribution >= 0.6 is 0 Å². The number of urea groups is 1. The van der Waals surface area contributed by atoms with Crippen LogP contribution in [0, 0.1) is 0 Å². The summed E-state index contributed by atoms with van der Waals surface area (Å²) in [5.41, 5.74) is -0.190. The Hall–Kier alpha value is -1.06. The fourth-order valence-corrected chi connectivity index (χ4v) is 1.98. The van der Waals surface area contributed by atoms with Crippen LogP contribution in [0.15, 0.2) is 0 Å². The van der Waals surface area contributed by atoms with Gasteiger partial charge in [0.05, 0.1) is 0 Å². The van der Waals surface area contributed by atoms with E-state index in [0.29, 0.717) is 13.0 Å². The molecule has 0 spiro atoms. The molecule has 0 N–H and O–H groups in total. The van der Waals surface area contributed by atoms with Crippen LogP contribution in [-0.4, -0.2) is 39.9 Å². The maximum Gasteiger partial charge on any atom is 0.327 e. The Bertz CT molecular complexity index is 302. The molecule has 2 rings (SSSR count). The lowest BCUT2D eigenvalue weighted by Crippen LogP contribution is -2.58. The summed E-state index contributed by atoms with van der Waals surface area (Å²) in [6.45, 7) is 6.58. The summed E-state index contributed by atoms with van der Waals surface area (Å²) in [5, 5.41) is 0. The SMILES string of the molecule is CC(C)(C)N1CCC(=O)N(C2CC2)C1=O. The van der Waals surface area contributed by atoms with Crippen LogP contribution in [0.1, 0.15) is 40.0 Å². The highest BCUT2D eigenvalue weighted by Crippen LogP contribution is 2.32. The molecule has 3 amide bonds. The minimum absolute atomic E-state index is 0.00278. The fraction of sp³-hybridized carbons (Fsp3) is 0.818. The monoisotopic (exact) mass is 210 g/mol. The molecule has 2 fully saturated rings. The molecule has 1 saturated carbocycles. The molecule has 0 aromatic carbocycles. The number of imide groups is 1. The largest absolute Gasteiger partial charge is 0.327 e. The van der Waals surface area contributed by atoms with Crippen molar-refractivity contribution in [2.75, 3.05) is 6.54 Å². The van der Waals surface area contributed by atoms with E-state index in [-0.39, 0.29) is 23.5 Å².